The van der Waals surface area contributed by atoms with Gasteiger partial charge in [0, 0.05) is 13.0 Å². The number of hydrogen-bond donors (Lipinski definition) is 0. The van der Waals surface area contributed by atoms with Gasteiger partial charge in [0.25, 0.3) is 0 Å². The van der Waals surface area contributed by atoms with Gasteiger partial charge in [0.2, 0.25) is 5.91 Å². The van der Waals surface area contributed by atoms with E-state index in [4.69, 9.17) is 4.74 Å². The monoisotopic (exact) mass is 247 g/mol. The molecule has 2 rings (SSSR count). The zero-order chi connectivity index (χ0) is 13.0. The lowest BCUT2D eigenvalue weighted by atomic mass is 10.0. The summed E-state index contributed by atoms with van der Waals surface area (Å²) in [6.07, 6.45) is 2.76. The highest BCUT2D eigenvalue weighted by Gasteiger charge is 2.28. The first-order valence-electron chi connectivity index (χ1n) is 6.78. The molecule has 0 N–H and O–H groups in total. The second kappa shape index (κ2) is 5.89. The molecule has 0 aliphatic carbocycles. The van der Waals surface area contributed by atoms with Gasteiger partial charge in [-0.05, 0) is 37.5 Å². The van der Waals surface area contributed by atoms with Crippen LogP contribution in [0.25, 0.3) is 0 Å². The average molecular weight is 247 g/mol. The summed E-state index contributed by atoms with van der Waals surface area (Å²) < 4.78 is 5.44. The van der Waals surface area contributed by atoms with Crippen molar-refractivity contribution in [3.8, 4) is 5.75 Å². The molecule has 1 saturated heterocycles. The van der Waals surface area contributed by atoms with E-state index in [0.717, 1.165) is 25.1 Å². The number of benzene rings is 1. The second-order valence-electron chi connectivity index (χ2n) is 4.60. The maximum Gasteiger partial charge on any atom is 0.222 e. The first kappa shape index (κ1) is 12.9. The van der Waals surface area contributed by atoms with Gasteiger partial charge in [-0.25, -0.2) is 0 Å². The van der Waals surface area contributed by atoms with Crippen molar-refractivity contribution < 1.29 is 9.53 Å². The van der Waals surface area contributed by atoms with E-state index in [1.165, 1.54) is 5.56 Å². The van der Waals surface area contributed by atoms with Crippen molar-refractivity contribution in [3.63, 3.8) is 0 Å². The highest BCUT2D eigenvalue weighted by atomic mass is 16.5. The van der Waals surface area contributed by atoms with Crippen LogP contribution in [0, 0.1) is 0 Å². The van der Waals surface area contributed by atoms with E-state index in [-0.39, 0.29) is 11.9 Å². The van der Waals surface area contributed by atoms with E-state index in [1.807, 2.05) is 30.9 Å². The predicted octanol–water partition coefficient (Wildman–Crippen LogP) is 3.16. The fourth-order valence-electron chi connectivity index (χ4n) is 2.57. The zero-order valence-corrected chi connectivity index (χ0v) is 11.2. The lowest BCUT2D eigenvalue weighted by molar-refractivity contribution is -0.131. The van der Waals surface area contributed by atoms with Crippen LogP contribution < -0.4 is 4.74 Å². The fraction of sp³-hybridized carbons (Fsp3) is 0.533. The first-order valence-corrected chi connectivity index (χ1v) is 6.78. The van der Waals surface area contributed by atoms with Gasteiger partial charge in [-0.15, -0.1) is 0 Å². The minimum Gasteiger partial charge on any atom is -0.494 e. The summed E-state index contributed by atoms with van der Waals surface area (Å²) in [5, 5.41) is 0. The Morgan fingerprint density at radius 3 is 2.67 bits per heavy atom. The topological polar surface area (TPSA) is 29.5 Å². The molecular formula is C15H21NO2. The lowest BCUT2D eigenvalue weighted by Crippen LogP contribution is -2.29. The van der Waals surface area contributed by atoms with E-state index in [0.29, 0.717) is 13.0 Å². The summed E-state index contributed by atoms with van der Waals surface area (Å²) in [5.74, 6) is 1.15. The van der Waals surface area contributed by atoms with Crippen molar-refractivity contribution >= 4 is 5.91 Å². The summed E-state index contributed by atoms with van der Waals surface area (Å²) in [4.78, 5) is 13.9. The van der Waals surface area contributed by atoms with Gasteiger partial charge in [-0.2, -0.15) is 0 Å². The summed E-state index contributed by atoms with van der Waals surface area (Å²) in [6.45, 7) is 5.48. The number of hydrogen-bond acceptors (Lipinski definition) is 2. The molecule has 0 radical (unpaired) electrons. The molecule has 3 nitrogen and oxygen atoms in total. The molecule has 0 bridgehead atoms. The molecule has 1 heterocycles. The van der Waals surface area contributed by atoms with Crippen LogP contribution in [0.2, 0.25) is 0 Å². The number of carbonyl (C=O) groups excluding carboxylic acids is 1. The lowest BCUT2D eigenvalue weighted by Gasteiger charge is -2.24. The highest BCUT2D eigenvalue weighted by Crippen LogP contribution is 2.33. The SMILES string of the molecule is CCOc1ccc(C2CCCN2C(=O)CC)cc1. The molecule has 1 fully saturated rings. The number of amides is 1. The quantitative estimate of drug-likeness (QED) is 0.818. The Bertz CT molecular complexity index is 399. The Morgan fingerprint density at radius 1 is 1.33 bits per heavy atom. The van der Waals surface area contributed by atoms with Crippen LogP contribution in [-0.4, -0.2) is 24.0 Å². The largest absolute Gasteiger partial charge is 0.494 e. The minimum absolute atomic E-state index is 0.256. The Hall–Kier alpha value is -1.51. The van der Waals surface area contributed by atoms with Crippen LogP contribution in [0.4, 0.5) is 0 Å². The van der Waals surface area contributed by atoms with E-state index >= 15 is 0 Å². The van der Waals surface area contributed by atoms with Crippen molar-refractivity contribution in [1.82, 2.24) is 4.90 Å². The van der Waals surface area contributed by atoms with E-state index in [9.17, 15) is 4.79 Å². The van der Waals surface area contributed by atoms with E-state index < -0.39 is 0 Å². The smallest absolute Gasteiger partial charge is 0.222 e. The Balaban J connectivity index is 2.12. The number of likely N-dealkylation sites (tertiary alicyclic amines) is 1. The van der Waals surface area contributed by atoms with Crippen LogP contribution in [-0.2, 0) is 4.79 Å². The number of nitrogens with zero attached hydrogens (tertiary/aromatic N) is 1. The molecule has 1 aromatic carbocycles. The Morgan fingerprint density at radius 2 is 2.06 bits per heavy atom. The van der Waals surface area contributed by atoms with Gasteiger partial charge < -0.3 is 9.64 Å². The third kappa shape index (κ3) is 2.66. The molecular weight excluding hydrogens is 226 g/mol. The third-order valence-corrected chi connectivity index (χ3v) is 3.45. The standard InChI is InChI=1S/C15H21NO2/c1-3-15(17)16-11-5-6-14(16)12-7-9-13(10-8-12)18-4-2/h7-10,14H,3-6,11H2,1-2H3. The molecule has 3 heteroatoms. The van der Waals surface area contributed by atoms with Crippen LogP contribution >= 0.6 is 0 Å². The van der Waals surface area contributed by atoms with Crippen molar-refractivity contribution in [2.45, 2.75) is 39.2 Å². The second-order valence-corrected chi connectivity index (χ2v) is 4.60. The summed E-state index contributed by atoms with van der Waals surface area (Å²) >= 11 is 0. The van der Waals surface area contributed by atoms with Crippen molar-refractivity contribution in [3.05, 3.63) is 29.8 Å². The van der Waals surface area contributed by atoms with Gasteiger partial charge in [-0.3, -0.25) is 4.79 Å². The first-order chi connectivity index (χ1) is 8.76. The van der Waals surface area contributed by atoms with Crippen LogP contribution in [0.3, 0.4) is 0 Å². The molecule has 98 valence electrons. The Labute approximate surface area is 109 Å². The molecule has 1 atom stereocenters. The van der Waals surface area contributed by atoms with Crippen molar-refractivity contribution in [1.29, 1.82) is 0 Å². The predicted molar refractivity (Wildman–Crippen MR) is 71.6 cm³/mol. The number of rotatable bonds is 4. The molecule has 0 saturated carbocycles. The highest BCUT2D eigenvalue weighted by molar-refractivity contribution is 5.76. The fourth-order valence-corrected chi connectivity index (χ4v) is 2.57. The molecule has 1 aliphatic rings. The van der Waals surface area contributed by atoms with Gasteiger partial charge in [0.15, 0.2) is 0 Å². The molecule has 1 aliphatic heterocycles. The zero-order valence-electron chi connectivity index (χ0n) is 11.2. The van der Waals surface area contributed by atoms with Crippen LogP contribution in [0.1, 0.15) is 44.7 Å². The molecule has 1 amide bonds. The molecule has 1 aromatic rings. The van der Waals surface area contributed by atoms with Crippen LogP contribution in [0.5, 0.6) is 5.75 Å². The van der Waals surface area contributed by atoms with Crippen molar-refractivity contribution in [2.24, 2.45) is 0 Å². The van der Waals surface area contributed by atoms with E-state index in [2.05, 4.69) is 12.1 Å². The summed E-state index contributed by atoms with van der Waals surface area (Å²) in [7, 11) is 0. The van der Waals surface area contributed by atoms with E-state index in [1.54, 1.807) is 0 Å². The van der Waals surface area contributed by atoms with Gasteiger partial charge in [0.05, 0.1) is 12.6 Å². The number of carbonyl (C=O) groups is 1. The maximum atomic E-state index is 11.9. The van der Waals surface area contributed by atoms with Gasteiger partial charge >= 0.3 is 0 Å². The molecule has 1 unspecified atom stereocenters. The van der Waals surface area contributed by atoms with Gasteiger partial charge in [-0.1, -0.05) is 19.1 Å². The summed E-state index contributed by atoms with van der Waals surface area (Å²) in [6, 6.07) is 8.40. The Kier molecular flexibility index (Phi) is 4.24. The molecule has 0 aromatic heterocycles. The van der Waals surface area contributed by atoms with Crippen molar-refractivity contribution in [2.75, 3.05) is 13.2 Å². The maximum absolute atomic E-state index is 11.9. The average Bonchev–Trinajstić information content (AvgIpc) is 2.88. The number of ether oxygens (including phenoxy) is 1. The van der Waals surface area contributed by atoms with Crippen LogP contribution in [0.15, 0.2) is 24.3 Å². The molecule has 0 spiro atoms. The molecule has 18 heavy (non-hydrogen) atoms. The van der Waals surface area contributed by atoms with Gasteiger partial charge in [0.1, 0.15) is 5.75 Å². The third-order valence-electron chi connectivity index (χ3n) is 3.45. The normalized spacial score (nSPS) is 19.0. The minimum atomic E-state index is 0.256. The summed E-state index contributed by atoms with van der Waals surface area (Å²) in [5.41, 5.74) is 1.22.